The van der Waals surface area contributed by atoms with E-state index in [0.29, 0.717) is 6.61 Å². The van der Waals surface area contributed by atoms with Crippen LogP contribution in [0.1, 0.15) is 32.8 Å². The Kier molecular flexibility index (Phi) is 7.83. The third-order valence-corrected chi connectivity index (χ3v) is 3.46. The molecule has 0 bridgehead atoms. The van der Waals surface area contributed by atoms with Crippen LogP contribution < -0.4 is 10.2 Å². The van der Waals surface area contributed by atoms with Crippen LogP contribution in [0, 0.1) is 6.92 Å². The summed E-state index contributed by atoms with van der Waals surface area (Å²) < 4.78 is 5.13. The highest BCUT2D eigenvalue weighted by atomic mass is 16.5. The van der Waals surface area contributed by atoms with E-state index < -0.39 is 0 Å². The first-order chi connectivity index (χ1) is 10.1. The van der Waals surface area contributed by atoms with Gasteiger partial charge >= 0.3 is 5.97 Å². The number of nitrogens with zero attached hydrogens (tertiary/aromatic N) is 1. The molecule has 0 saturated carbocycles. The van der Waals surface area contributed by atoms with Crippen LogP contribution in [0.4, 0.5) is 5.69 Å². The van der Waals surface area contributed by atoms with E-state index in [4.69, 9.17) is 4.74 Å². The van der Waals surface area contributed by atoms with Gasteiger partial charge in [0.05, 0.1) is 6.61 Å². The Morgan fingerprint density at radius 1 is 1.33 bits per heavy atom. The van der Waals surface area contributed by atoms with Gasteiger partial charge in [-0.05, 0) is 51.4 Å². The molecule has 0 aromatic heterocycles. The fourth-order valence-electron chi connectivity index (χ4n) is 2.37. The van der Waals surface area contributed by atoms with Crippen molar-refractivity contribution in [1.29, 1.82) is 0 Å². The highest BCUT2D eigenvalue weighted by Crippen LogP contribution is 2.16. The molecule has 1 rings (SSSR count). The zero-order valence-electron chi connectivity index (χ0n) is 13.7. The Morgan fingerprint density at radius 3 is 2.67 bits per heavy atom. The van der Waals surface area contributed by atoms with E-state index in [1.165, 1.54) is 11.3 Å². The Morgan fingerprint density at radius 2 is 2.10 bits per heavy atom. The van der Waals surface area contributed by atoms with Crippen molar-refractivity contribution in [1.82, 2.24) is 5.32 Å². The maximum Gasteiger partial charge on any atom is 0.323 e. The van der Waals surface area contributed by atoms with E-state index in [1.54, 1.807) is 0 Å². The van der Waals surface area contributed by atoms with Crippen LogP contribution in [0.3, 0.4) is 0 Å². The summed E-state index contributed by atoms with van der Waals surface area (Å²) in [5, 5.41) is 3.21. The van der Waals surface area contributed by atoms with Gasteiger partial charge in [-0.2, -0.15) is 0 Å². The molecule has 1 atom stereocenters. The van der Waals surface area contributed by atoms with Gasteiger partial charge < -0.3 is 15.0 Å². The van der Waals surface area contributed by atoms with Crippen molar-refractivity contribution < 1.29 is 9.53 Å². The predicted octanol–water partition coefficient (Wildman–Crippen LogP) is 2.75. The van der Waals surface area contributed by atoms with Crippen LogP contribution in [0.15, 0.2) is 24.3 Å². The topological polar surface area (TPSA) is 41.6 Å². The average molecular weight is 292 g/mol. The number of rotatable bonds is 9. The summed E-state index contributed by atoms with van der Waals surface area (Å²) in [6.07, 6.45) is 0.744. The number of hydrogen-bond acceptors (Lipinski definition) is 4. The Bertz CT molecular complexity index is 435. The summed E-state index contributed by atoms with van der Waals surface area (Å²) in [7, 11) is 0. The van der Waals surface area contributed by atoms with E-state index in [2.05, 4.69) is 48.3 Å². The van der Waals surface area contributed by atoms with Crippen molar-refractivity contribution in [3.05, 3.63) is 29.8 Å². The molecule has 1 N–H and O–H groups in total. The van der Waals surface area contributed by atoms with Gasteiger partial charge in [0, 0.05) is 18.8 Å². The van der Waals surface area contributed by atoms with Crippen LogP contribution in [0.25, 0.3) is 0 Å². The lowest BCUT2D eigenvalue weighted by atomic mass is 10.1. The first-order valence-electron chi connectivity index (χ1n) is 7.83. The summed E-state index contributed by atoms with van der Waals surface area (Å²) in [4.78, 5) is 14.2. The minimum absolute atomic E-state index is 0.153. The van der Waals surface area contributed by atoms with Crippen LogP contribution in [0.5, 0.6) is 0 Å². The smallest absolute Gasteiger partial charge is 0.323 e. The molecule has 0 radical (unpaired) electrons. The van der Waals surface area contributed by atoms with Crippen LogP contribution >= 0.6 is 0 Å². The molecular weight excluding hydrogens is 264 g/mol. The SMILES string of the molecule is CCNC(CCN(CC)c1cccc(C)c1)C(=O)OCC. The van der Waals surface area contributed by atoms with Gasteiger partial charge in [0.15, 0.2) is 0 Å². The highest BCUT2D eigenvalue weighted by Gasteiger charge is 2.19. The highest BCUT2D eigenvalue weighted by molar-refractivity contribution is 5.75. The molecule has 1 unspecified atom stereocenters. The third kappa shape index (κ3) is 5.76. The maximum absolute atomic E-state index is 11.9. The van der Waals surface area contributed by atoms with Gasteiger partial charge in [0.25, 0.3) is 0 Å². The van der Waals surface area contributed by atoms with Gasteiger partial charge in [-0.25, -0.2) is 0 Å². The van der Waals surface area contributed by atoms with Gasteiger partial charge in [-0.1, -0.05) is 19.1 Å². The lowest BCUT2D eigenvalue weighted by Crippen LogP contribution is -2.41. The van der Waals surface area contributed by atoms with Crippen LogP contribution in [0.2, 0.25) is 0 Å². The van der Waals surface area contributed by atoms with Crippen molar-refractivity contribution in [2.75, 3.05) is 31.1 Å². The summed E-state index contributed by atoms with van der Waals surface area (Å²) in [5.74, 6) is -0.153. The van der Waals surface area contributed by atoms with E-state index in [9.17, 15) is 4.79 Å². The van der Waals surface area contributed by atoms with Crippen molar-refractivity contribution in [2.24, 2.45) is 0 Å². The van der Waals surface area contributed by atoms with E-state index in [-0.39, 0.29) is 12.0 Å². The zero-order chi connectivity index (χ0) is 15.7. The number of benzene rings is 1. The number of esters is 1. The molecule has 1 aromatic carbocycles. The number of anilines is 1. The van der Waals surface area contributed by atoms with Crippen molar-refractivity contribution in [3.63, 3.8) is 0 Å². The second kappa shape index (κ2) is 9.40. The number of likely N-dealkylation sites (N-methyl/N-ethyl adjacent to an activating group) is 1. The minimum atomic E-state index is -0.228. The molecule has 118 valence electrons. The van der Waals surface area contributed by atoms with E-state index in [1.807, 2.05) is 13.8 Å². The molecule has 1 aromatic rings. The Hall–Kier alpha value is -1.55. The third-order valence-electron chi connectivity index (χ3n) is 3.46. The van der Waals surface area contributed by atoms with Crippen molar-refractivity contribution in [3.8, 4) is 0 Å². The second-order valence-corrected chi connectivity index (χ2v) is 5.07. The number of aryl methyl sites for hydroxylation is 1. The largest absolute Gasteiger partial charge is 0.465 e. The Labute approximate surface area is 128 Å². The van der Waals surface area contributed by atoms with Gasteiger partial charge in [0.1, 0.15) is 6.04 Å². The maximum atomic E-state index is 11.9. The molecular formula is C17H28N2O2. The van der Waals surface area contributed by atoms with Gasteiger partial charge in [0.2, 0.25) is 0 Å². The fourth-order valence-corrected chi connectivity index (χ4v) is 2.37. The average Bonchev–Trinajstić information content (AvgIpc) is 2.47. The standard InChI is InChI=1S/C17H28N2O2/c1-5-18-16(17(20)21-7-3)11-12-19(6-2)15-10-8-9-14(4)13-15/h8-10,13,16,18H,5-7,11-12H2,1-4H3. The van der Waals surface area contributed by atoms with E-state index >= 15 is 0 Å². The minimum Gasteiger partial charge on any atom is -0.465 e. The summed E-state index contributed by atoms with van der Waals surface area (Å²) in [6, 6.07) is 8.23. The number of hydrogen-bond donors (Lipinski definition) is 1. The molecule has 0 amide bonds. The van der Waals surface area contributed by atoms with E-state index in [0.717, 1.165) is 26.1 Å². The van der Waals surface area contributed by atoms with Crippen molar-refractivity contribution >= 4 is 11.7 Å². The first-order valence-corrected chi connectivity index (χ1v) is 7.83. The zero-order valence-corrected chi connectivity index (χ0v) is 13.7. The molecule has 4 nitrogen and oxygen atoms in total. The monoisotopic (exact) mass is 292 g/mol. The van der Waals surface area contributed by atoms with Crippen LogP contribution in [-0.4, -0.2) is 38.3 Å². The quantitative estimate of drug-likeness (QED) is 0.711. The summed E-state index contributed by atoms with van der Waals surface area (Å²) in [5.41, 5.74) is 2.45. The molecule has 4 heteroatoms. The van der Waals surface area contributed by atoms with Crippen LogP contribution in [-0.2, 0) is 9.53 Å². The molecule has 0 aliphatic heterocycles. The molecule has 0 heterocycles. The fraction of sp³-hybridized carbons (Fsp3) is 0.588. The molecule has 0 spiro atoms. The molecule has 0 saturated heterocycles. The number of ether oxygens (including phenoxy) is 1. The summed E-state index contributed by atoms with van der Waals surface area (Å²) >= 11 is 0. The predicted molar refractivity (Wildman–Crippen MR) is 87.8 cm³/mol. The number of carbonyl (C=O) groups is 1. The van der Waals surface area contributed by atoms with Gasteiger partial charge in [-0.3, -0.25) is 4.79 Å². The normalized spacial score (nSPS) is 12.0. The molecule has 0 aliphatic rings. The summed E-state index contributed by atoms with van der Waals surface area (Å²) in [6.45, 7) is 11.0. The lowest BCUT2D eigenvalue weighted by Gasteiger charge is -2.26. The van der Waals surface area contributed by atoms with Crippen molar-refractivity contribution in [2.45, 2.75) is 40.2 Å². The first kappa shape index (κ1) is 17.5. The second-order valence-electron chi connectivity index (χ2n) is 5.07. The molecule has 0 aliphatic carbocycles. The number of carbonyl (C=O) groups excluding carboxylic acids is 1. The molecule has 21 heavy (non-hydrogen) atoms. The Balaban J connectivity index is 2.65. The molecule has 0 fully saturated rings. The number of nitrogens with one attached hydrogen (secondary N) is 1. The van der Waals surface area contributed by atoms with Gasteiger partial charge in [-0.15, -0.1) is 0 Å². The lowest BCUT2D eigenvalue weighted by molar-refractivity contribution is -0.145.